The van der Waals surface area contributed by atoms with Gasteiger partial charge in [-0.25, -0.2) is 8.42 Å². The van der Waals surface area contributed by atoms with E-state index in [1.165, 1.54) is 23.5 Å². The Morgan fingerprint density at radius 1 is 1.36 bits per heavy atom. The Morgan fingerprint density at radius 3 is 2.68 bits per heavy atom. The number of methoxy groups -OCH3 is 1. The van der Waals surface area contributed by atoms with Gasteiger partial charge in [-0.3, -0.25) is 4.79 Å². The summed E-state index contributed by atoms with van der Waals surface area (Å²) < 4.78 is 33.0. The summed E-state index contributed by atoms with van der Waals surface area (Å²) in [4.78, 5) is 11.4. The molecule has 0 saturated carbocycles. The number of rotatable bonds is 4. The van der Waals surface area contributed by atoms with Crippen LogP contribution in [-0.4, -0.2) is 43.0 Å². The fraction of sp³-hybridized carbons (Fsp3) is 0.500. The highest BCUT2D eigenvalue weighted by atomic mass is 79.9. The van der Waals surface area contributed by atoms with Gasteiger partial charge >= 0.3 is 5.97 Å². The van der Waals surface area contributed by atoms with Crippen LogP contribution in [-0.2, 0) is 14.8 Å². The van der Waals surface area contributed by atoms with Crippen LogP contribution in [0, 0.1) is 5.92 Å². The highest BCUT2D eigenvalue weighted by Gasteiger charge is 2.54. The molecule has 2 fully saturated rings. The molecule has 22 heavy (non-hydrogen) atoms. The van der Waals surface area contributed by atoms with Crippen LogP contribution in [0.25, 0.3) is 0 Å². The lowest BCUT2D eigenvalue weighted by Crippen LogP contribution is -2.37. The highest BCUT2D eigenvalue weighted by Crippen LogP contribution is 2.45. The minimum atomic E-state index is -3.74. The first-order valence-corrected chi connectivity index (χ1v) is 9.19. The van der Waals surface area contributed by atoms with Crippen molar-refractivity contribution in [1.29, 1.82) is 0 Å². The van der Waals surface area contributed by atoms with Gasteiger partial charge in [0.05, 0.1) is 17.9 Å². The third kappa shape index (κ3) is 2.43. The number of hydrogen-bond donors (Lipinski definition) is 1. The molecule has 1 aromatic rings. The average molecular weight is 390 g/mol. The number of hydrogen-bond acceptors (Lipinski definition) is 4. The van der Waals surface area contributed by atoms with Crippen molar-refractivity contribution in [2.75, 3.05) is 7.11 Å². The molecular formula is C14H16BrNO5S. The van der Waals surface area contributed by atoms with Gasteiger partial charge in [-0.05, 0) is 31.4 Å². The summed E-state index contributed by atoms with van der Waals surface area (Å²) in [6.07, 6.45) is 1.72. The Bertz CT molecular complexity index is 720. The van der Waals surface area contributed by atoms with E-state index in [0.29, 0.717) is 23.1 Å². The Kier molecular flexibility index (Phi) is 3.94. The quantitative estimate of drug-likeness (QED) is 0.851. The Labute approximate surface area is 137 Å². The van der Waals surface area contributed by atoms with E-state index >= 15 is 0 Å². The maximum absolute atomic E-state index is 12.9. The number of carboxylic acid groups (broad SMARTS) is 1. The zero-order valence-electron chi connectivity index (χ0n) is 11.9. The molecule has 2 saturated heterocycles. The molecule has 2 aliphatic rings. The molecule has 6 nitrogen and oxygen atoms in total. The van der Waals surface area contributed by atoms with Crippen molar-refractivity contribution >= 4 is 31.9 Å². The molecule has 0 radical (unpaired) electrons. The Morgan fingerprint density at radius 2 is 2.09 bits per heavy atom. The summed E-state index contributed by atoms with van der Waals surface area (Å²) >= 11 is 3.28. The van der Waals surface area contributed by atoms with Crippen LogP contribution < -0.4 is 4.74 Å². The van der Waals surface area contributed by atoms with Gasteiger partial charge < -0.3 is 9.84 Å². The minimum Gasteiger partial charge on any atom is -0.497 e. The summed E-state index contributed by atoms with van der Waals surface area (Å²) in [6, 6.07) is 4.00. The van der Waals surface area contributed by atoms with Crippen LogP contribution in [0.4, 0.5) is 0 Å². The summed E-state index contributed by atoms with van der Waals surface area (Å²) in [5, 5.41) is 9.27. The zero-order chi connectivity index (χ0) is 16.1. The summed E-state index contributed by atoms with van der Waals surface area (Å²) in [7, 11) is -2.27. The largest absolute Gasteiger partial charge is 0.497 e. The Balaban J connectivity index is 2.01. The van der Waals surface area contributed by atoms with Crippen molar-refractivity contribution in [1.82, 2.24) is 4.31 Å². The van der Waals surface area contributed by atoms with Crippen LogP contribution in [0.2, 0.25) is 0 Å². The first kappa shape index (κ1) is 15.8. The van der Waals surface area contributed by atoms with Crippen molar-refractivity contribution in [2.24, 2.45) is 5.92 Å². The smallest absolute Gasteiger partial charge is 0.308 e. The van der Waals surface area contributed by atoms with Gasteiger partial charge in [-0.1, -0.05) is 15.9 Å². The number of fused-ring (bicyclic) bond motifs is 2. The standard InChI is InChI=1S/C14H16BrNO5S/c1-21-10-4-8(15)5-11(7-10)22(19,20)16-9-2-3-13(16)12(6-9)14(17)18/h4-5,7,9,12-13H,2-3,6H2,1H3,(H,17,18). The molecular weight excluding hydrogens is 374 g/mol. The average Bonchev–Trinajstić information content (AvgIpc) is 3.04. The zero-order valence-corrected chi connectivity index (χ0v) is 14.3. The molecule has 8 heteroatoms. The number of carbonyl (C=O) groups is 1. The van der Waals surface area contributed by atoms with Gasteiger partial charge in [-0.2, -0.15) is 4.31 Å². The maximum Gasteiger partial charge on any atom is 0.308 e. The van der Waals surface area contributed by atoms with Crippen LogP contribution >= 0.6 is 15.9 Å². The second-order valence-electron chi connectivity index (χ2n) is 5.64. The number of sulfonamides is 1. The first-order valence-electron chi connectivity index (χ1n) is 6.95. The van der Waals surface area contributed by atoms with E-state index in [2.05, 4.69) is 15.9 Å². The lowest BCUT2D eigenvalue weighted by Gasteiger charge is -2.22. The SMILES string of the molecule is COc1cc(Br)cc(S(=O)(=O)N2C3CCC2C(C(=O)O)C3)c1. The third-order valence-electron chi connectivity index (χ3n) is 4.45. The van der Waals surface area contributed by atoms with Crippen molar-refractivity contribution in [3.63, 3.8) is 0 Å². The second-order valence-corrected chi connectivity index (χ2v) is 8.40. The van der Waals surface area contributed by atoms with Crippen LogP contribution in [0.15, 0.2) is 27.6 Å². The van der Waals surface area contributed by atoms with E-state index in [4.69, 9.17) is 4.74 Å². The van der Waals surface area contributed by atoms with Gasteiger partial charge in [0.1, 0.15) is 5.75 Å². The molecule has 3 atom stereocenters. The third-order valence-corrected chi connectivity index (χ3v) is 6.86. The predicted molar refractivity (Wildman–Crippen MR) is 82.3 cm³/mol. The summed E-state index contributed by atoms with van der Waals surface area (Å²) in [6.45, 7) is 0. The maximum atomic E-state index is 12.9. The van der Waals surface area contributed by atoms with E-state index in [9.17, 15) is 18.3 Å². The van der Waals surface area contributed by atoms with Crippen molar-refractivity contribution < 1.29 is 23.1 Å². The molecule has 2 heterocycles. The van der Waals surface area contributed by atoms with Gasteiger partial charge in [0.2, 0.25) is 10.0 Å². The van der Waals surface area contributed by atoms with Gasteiger partial charge in [0, 0.05) is 22.6 Å². The molecule has 3 rings (SSSR count). The van der Waals surface area contributed by atoms with E-state index in [1.54, 1.807) is 6.07 Å². The van der Waals surface area contributed by atoms with Crippen LogP contribution in [0.1, 0.15) is 19.3 Å². The molecule has 0 aromatic heterocycles. The fourth-order valence-corrected chi connectivity index (χ4v) is 6.11. The molecule has 0 aliphatic carbocycles. The van der Waals surface area contributed by atoms with E-state index in [1.807, 2.05) is 0 Å². The van der Waals surface area contributed by atoms with E-state index in [-0.39, 0.29) is 10.9 Å². The highest BCUT2D eigenvalue weighted by molar-refractivity contribution is 9.10. The number of benzene rings is 1. The van der Waals surface area contributed by atoms with E-state index < -0.39 is 28.0 Å². The second kappa shape index (κ2) is 5.50. The molecule has 120 valence electrons. The Hall–Kier alpha value is -1.12. The van der Waals surface area contributed by atoms with Crippen molar-refractivity contribution in [2.45, 2.75) is 36.2 Å². The molecule has 2 aliphatic heterocycles. The predicted octanol–water partition coefficient (Wildman–Crippen LogP) is 2.08. The monoisotopic (exact) mass is 389 g/mol. The number of carboxylic acids is 1. The van der Waals surface area contributed by atoms with Gasteiger partial charge in [0.25, 0.3) is 0 Å². The molecule has 1 aromatic carbocycles. The van der Waals surface area contributed by atoms with Crippen LogP contribution in [0.3, 0.4) is 0 Å². The summed E-state index contributed by atoms with van der Waals surface area (Å²) in [5.74, 6) is -1.09. The van der Waals surface area contributed by atoms with E-state index in [0.717, 1.165) is 6.42 Å². The first-order chi connectivity index (χ1) is 10.3. The minimum absolute atomic E-state index is 0.127. The molecule has 1 N–H and O–H groups in total. The normalized spacial score (nSPS) is 28.0. The lowest BCUT2D eigenvalue weighted by atomic mass is 9.89. The number of halogens is 1. The molecule has 3 unspecified atom stereocenters. The number of ether oxygens (including phenoxy) is 1. The summed E-state index contributed by atoms with van der Waals surface area (Å²) in [5.41, 5.74) is 0. The molecule has 0 amide bonds. The molecule has 0 spiro atoms. The number of nitrogens with zero attached hydrogens (tertiary/aromatic N) is 1. The molecule has 2 bridgehead atoms. The van der Waals surface area contributed by atoms with Gasteiger partial charge in [-0.15, -0.1) is 0 Å². The van der Waals surface area contributed by atoms with Crippen molar-refractivity contribution in [3.8, 4) is 5.75 Å². The number of aliphatic carboxylic acids is 1. The fourth-order valence-electron chi connectivity index (χ4n) is 3.50. The van der Waals surface area contributed by atoms with Gasteiger partial charge in [0.15, 0.2) is 0 Å². The van der Waals surface area contributed by atoms with Crippen LogP contribution in [0.5, 0.6) is 5.75 Å². The lowest BCUT2D eigenvalue weighted by molar-refractivity contribution is -0.142. The topological polar surface area (TPSA) is 83.9 Å². The van der Waals surface area contributed by atoms with Crippen molar-refractivity contribution in [3.05, 3.63) is 22.7 Å².